The SMILES string of the molecule is CCCCOc1c2cc(NC(=O)C(c3ccc(OC)cc3)N(C(=O)c3ccccc3)c3cccc(C)n3)cc1Cc1cc(NC=O)cc(c1O)Cc1cc(NC(=O)C(c3ccc(OC)cc3)N(C(=O)c3ccccc3)c3cccc(C)n3)cc(c1OCCCC)Cc1cc(NC=O)cc(c1O)C2. The van der Waals surface area contributed by atoms with Crippen molar-refractivity contribution in [3.8, 4) is 34.5 Å². The molecule has 11 rings (SSSR count). The number of rotatable bonds is 26. The monoisotopic (exact) mass is 1370 g/mol. The molecule has 2 aromatic heterocycles. The molecular weight excluding hydrogens is 1290 g/mol. The molecule has 1 aliphatic carbocycles. The van der Waals surface area contributed by atoms with E-state index in [1.807, 2.05) is 13.8 Å². The van der Waals surface area contributed by atoms with Gasteiger partial charge in [0, 0.05) is 115 Å². The van der Waals surface area contributed by atoms with E-state index in [1.54, 1.807) is 208 Å². The van der Waals surface area contributed by atoms with E-state index in [9.17, 15) is 19.8 Å². The molecule has 2 unspecified atom stereocenters. The number of hydrogen-bond donors (Lipinski definition) is 6. The highest BCUT2D eigenvalue weighted by molar-refractivity contribution is 6.13. The summed E-state index contributed by atoms with van der Waals surface area (Å²) in [6, 6.07) is 52.1. The van der Waals surface area contributed by atoms with E-state index in [4.69, 9.17) is 28.9 Å². The van der Waals surface area contributed by atoms with Crippen molar-refractivity contribution >= 4 is 70.8 Å². The summed E-state index contributed by atoms with van der Waals surface area (Å²) >= 11 is 0. The summed E-state index contributed by atoms with van der Waals surface area (Å²) in [5.74, 6) is -0.406. The molecule has 8 aromatic carbocycles. The summed E-state index contributed by atoms with van der Waals surface area (Å²) in [5, 5.41) is 38.0. The number of ether oxygens (including phenoxy) is 4. The molecule has 0 radical (unpaired) electrons. The van der Waals surface area contributed by atoms with E-state index in [2.05, 4.69) is 21.3 Å². The average molecular weight is 1370 g/mol. The van der Waals surface area contributed by atoms with Crippen LogP contribution in [0.3, 0.4) is 0 Å². The third-order valence-corrected chi connectivity index (χ3v) is 17.6. The molecular formula is C82H80N8O12. The number of benzene rings is 8. The minimum atomic E-state index is -1.36. The van der Waals surface area contributed by atoms with Crippen LogP contribution in [0.5, 0.6) is 34.5 Å². The quantitative estimate of drug-likeness (QED) is 0.0167. The molecule has 2 atom stereocenters. The first-order chi connectivity index (χ1) is 49.6. The summed E-state index contributed by atoms with van der Waals surface area (Å²) in [6.07, 6.45) is 3.57. The van der Waals surface area contributed by atoms with Gasteiger partial charge in [0.25, 0.3) is 23.6 Å². The van der Waals surface area contributed by atoms with Gasteiger partial charge in [0.2, 0.25) is 12.8 Å². The standard InChI is InChI=1S/C82H80N8O12/c1-7-9-35-101-77-61-37-57-41-65(83-49-91)43-59(75(57)93)39-63-47-68(88-80(96)74(54-29-33-70(100-6)34-30-54)90(72-26-18-20-52(4)86-72)82(98)56-23-15-12-16-24-56)48-64(78(63)102-36-10-8-2)40-60-44-66(84-50-92)42-58(76(60)94)38-62(77)46-67(45-61)87-79(95)73(53-27-31-69(99-5)32-28-53)89(71-25-17-19-51(3)85-71)81(97)55-21-13-11-14-22-55/h11-34,41-50,73-74,93-94H,7-10,35-40H2,1-6H3,(H,83,91)(H,84,92)(H,87,95)(H,88,96). The predicted octanol–water partition coefficient (Wildman–Crippen LogP) is 14.7. The summed E-state index contributed by atoms with van der Waals surface area (Å²) in [7, 11) is 3.06. The number of hydrogen-bond acceptors (Lipinski definition) is 14. The number of phenols is 2. The van der Waals surface area contributed by atoms with Crippen LogP contribution in [0.25, 0.3) is 0 Å². The van der Waals surface area contributed by atoms with Crippen molar-refractivity contribution in [3.05, 3.63) is 272 Å². The summed E-state index contributed by atoms with van der Waals surface area (Å²) in [6.45, 7) is 8.13. The number of aromatic nitrogens is 2. The zero-order valence-electron chi connectivity index (χ0n) is 57.6. The number of phenolic OH excluding ortho intramolecular Hbond substituents is 2. The van der Waals surface area contributed by atoms with Gasteiger partial charge >= 0.3 is 0 Å². The summed E-state index contributed by atoms with van der Waals surface area (Å²) in [5.41, 5.74) is 6.98. The summed E-state index contributed by atoms with van der Waals surface area (Å²) < 4.78 is 24.7. The number of aryl methyl sites for hydroxylation is 2. The van der Waals surface area contributed by atoms with Crippen molar-refractivity contribution in [3.63, 3.8) is 0 Å². The first-order valence-electron chi connectivity index (χ1n) is 33.8. The Balaban J connectivity index is 1.10. The number of pyridine rings is 2. The van der Waals surface area contributed by atoms with Crippen LogP contribution in [0, 0.1) is 13.8 Å². The predicted molar refractivity (Wildman–Crippen MR) is 394 cm³/mol. The largest absolute Gasteiger partial charge is 0.507 e. The van der Waals surface area contributed by atoms with Crippen molar-refractivity contribution in [1.29, 1.82) is 0 Å². The number of amides is 6. The molecule has 1 aliphatic rings. The Kier molecular flexibility index (Phi) is 23.0. The van der Waals surface area contributed by atoms with Crippen LogP contribution in [0.15, 0.2) is 194 Å². The van der Waals surface area contributed by atoms with Gasteiger partial charge in [0.15, 0.2) is 0 Å². The molecule has 520 valence electrons. The van der Waals surface area contributed by atoms with Crippen LogP contribution in [0.2, 0.25) is 0 Å². The molecule has 8 bridgehead atoms. The zero-order chi connectivity index (χ0) is 71.8. The maximum absolute atomic E-state index is 15.8. The number of nitrogens with one attached hydrogen (secondary N) is 4. The number of fused-ring (bicyclic) bond motifs is 8. The van der Waals surface area contributed by atoms with Crippen molar-refractivity contribution < 1.29 is 57.9 Å². The van der Waals surface area contributed by atoms with Gasteiger partial charge in [-0.2, -0.15) is 0 Å². The lowest BCUT2D eigenvalue weighted by atomic mass is 9.90. The minimum absolute atomic E-state index is 0.0783. The molecule has 0 fully saturated rings. The second-order valence-corrected chi connectivity index (χ2v) is 24.9. The van der Waals surface area contributed by atoms with Crippen LogP contribution in [0.4, 0.5) is 34.4 Å². The highest BCUT2D eigenvalue weighted by Crippen LogP contribution is 2.44. The zero-order valence-corrected chi connectivity index (χ0v) is 57.6. The molecule has 2 heterocycles. The highest BCUT2D eigenvalue weighted by atomic mass is 16.5. The van der Waals surface area contributed by atoms with Crippen LogP contribution >= 0.6 is 0 Å². The first kappa shape index (κ1) is 71.0. The number of methoxy groups -OCH3 is 2. The average Bonchev–Trinajstić information content (AvgIpc) is 0.782. The molecule has 102 heavy (non-hydrogen) atoms. The smallest absolute Gasteiger partial charge is 0.260 e. The fourth-order valence-electron chi connectivity index (χ4n) is 12.7. The van der Waals surface area contributed by atoms with Gasteiger partial charge in [-0.3, -0.25) is 38.6 Å². The van der Waals surface area contributed by atoms with Crippen LogP contribution in [-0.4, -0.2) is 84.1 Å². The lowest BCUT2D eigenvalue weighted by Crippen LogP contribution is -2.42. The molecule has 0 spiro atoms. The number of carbonyl (C=O) groups excluding carboxylic acids is 6. The van der Waals surface area contributed by atoms with Gasteiger partial charge in [-0.25, -0.2) is 9.97 Å². The summed E-state index contributed by atoms with van der Waals surface area (Å²) in [4.78, 5) is 99.4. The Hall–Kier alpha value is -12.3. The third kappa shape index (κ3) is 16.5. The van der Waals surface area contributed by atoms with Gasteiger partial charge in [-0.05, 0) is 159 Å². The second kappa shape index (κ2) is 33.0. The van der Waals surface area contributed by atoms with Crippen molar-refractivity contribution in [2.75, 3.05) is 58.5 Å². The molecule has 6 amide bonds. The number of anilines is 6. The fraction of sp³-hybridized carbons (Fsp3) is 0.220. The minimum Gasteiger partial charge on any atom is -0.507 e. The first-order valence-corrected chi connectivity index (χ1v) is 33.8. The van der Waals surface area contributed by atoms with Crippen molar-refractivity contribution in [2.45, 2.75) is 91.1 Å². The second-order valence-electron chi connectivity index (χ2n) is 24.9. The van der Waals surface area contributed by atoms with Gasteiger partial charge in [0.1, 0.15) is 58.2 Å². The van der Waals surface area contributed by atoms with Gasteiger partial charge in [-0.15, -0.1) is 0 Å². The van der Waals surface area contributed by atoms with Crippen molar-refractivity contribution in [1.82, 2.24) is 9.97 Å². The molecule has 10 aromatic rings. The fourth-order valence-corrected chi connectivity index (χ4v) is 12.7. The Labute approximate surface area is 592 Å². The van der Waals surface area contributed by atoms with Gasteiger partial charge in [0.05, 0.1) is 27.4 Å². The number of unbranched alkanes of at least 4 members (excludes halogenated alkanes) is 2. The molecule has 0 saturated carbocycles. The Morgan fingerprint density at radius 2 is 0.784 bits per heavy atom. The Morgan fingerprint density at radius 3 is 1.09 bits per heavy atom. The lowest BCUT2D eigenvalue weighted by molar-refractivity contribution is -0.118. The maximum atomic E-state index is 15.8. The molecule has 6 N–H and O–H groups in total. The normalized spacial score (nSPS) is 12.1. The topological polar surface area (TPSA) is 260 Å². The van der Waals surface area contributed by atoms with E-state index in [1.165, 1.54) is 24.0 Å². The van der Waals surface area contributed by atoms with Crippen molar-refractivity contribution in [2.24, 2.45) is 0 Å². The van der Waals surface area contributed by atoms with E-state index in [-0.39, 0.29) is 73.4 Å². The van der Waals surface area contributed by atoms with E-state index in [0.29, 0.717) is 138 Å². The van der Waals surface area contributed by atoms with Gasteiger partial charge < -0.3 is 50.4 Å². The van der Waals surface area contributed by atoms with Crippen LogP contribution in [-0.2, 0) is 44.9 Å². The molecule has 20 heteroatoms. The highest BCUT2D eigenvalue weighted by Gasteiger charge is 2.37. The van der Waals surface area contributed by atoms with Crippen LogP contribution in [0.1, 0.15) is 139 Å². The third-order valence-electron chi connectivity index (χ3n) is 17.6. The Bertz CT molecular complexity index is 4300. The van der Waals surface area contributed by atoms with Gasteiger partial charge in [-0.1, -0.05) is 99.5 Å². The maximum Gasteiger partial charge on any atom is 0.260 e. The lowest BCUT2D eigenvalue weighted by Gasteiger charge is -2.31. The molecule has 20 nitrogen and oxygen atoms in total. The van der Waals surface area contributed by atoms with E-state index in [0.717, 1.165) is 12.8 Å². The van der Waals surface area contributed by atoms with Crippen LogP contribution < -0.4 is 50.0 Å². The Morgan fingerprint density at radius 1 is 0.451 bits per heavy atom. The molecule has 0 saturated heterocycles. The number of carbonyl (C=O) groups is 6. The van der Waals surface area contributed by atoms with E-state index < -0.39 is 35.7 Å². The van der Waals surface area contributed by atoms with E-state index >= 15 is 19.2 Å². The number of aromatic hydroxyl groups is 2. The molecule has 0 aliphatic heterocycles. The number of nitrogens with zero attached hydrogens (tertiary/aromatic N) is 4.